The summed E-state index contributed by atoms with van der Waals surface area (Å²) in [6, 6.07) is 10.1. The van der Waals surface area contributed by atoms with E-state index in [1.807, 2.05) is 6.07 Å². The van der Waals surface area contributed by atoms with Crippen LogP contribution in [0.25, 0.3) is 0 Å². The normalized spacial score (nSPS) is 17.5. The fourth-order valence-corrected chi connectivity index (χ4v) is 2.92. The van der Waals surface area contributed by atoms with Gasteiger partial charge in [-0.15, -0.1) is 0 Å². The van der Waals surface area contributed by atoms with Gasteiger partial charge in [-0.1, -0.05) is 30.3 Å². The lowest BCUT2D eigenvalue weighted by Gasteiger charge is -2.29. The zero-order chi connectivity index (χ0) is 17.2. The van der Waals surface area contributed by atoms with Crippen molar-refractivity contribution in [2.45, 2.75) is 37.6 Å². The fraction of sp³-hybridized carbons (Fsp3) is 0.353. The maximum Gasteiger partial charge on any atom is 0.248 e. The number of nitrogens with one attached hydrogen (secondary N) is 1. The molecule has 0 atom stereocenters. The average Bonchev–Trinajstić information content (AvgIpc) is 2.56. The van der Waals surface area contributed by atoms with E-state index >= 15 is 0 Å². The number of alkyl halides is 2. The molecule has 0 radical (unpaired) electrons. The largest absolute Gasteiger partial charge is 0.367 e. The van der Waals surface area contributed by atoms with Crippen molar-refractivity contribution in [3.8, 4) is 0 Å². The Balaban J connectivity index is 1.76. The molecular weight excluding hydrogens is 336 g/mol. The Kier molecular flexibility index (Phi) is 4.76. The quantitative estimate of drug-likeness (QED) is 0.657. The summed E-state index contributed by atoms with van der Waals surface area (Å²) in [5.41, 5.74) is 0.667. The number of carbonyl (C=O) groups excluding carboxylic acids is 1. The van der Waals surface area contributed by atoms with E-state index < -0.39 is 5.92 Å². The summed E-state index contributed by atoms with van der Waals surface area (Å²) in [6.07, 6.45) is 0.381. The number of halogens is 3. The monoisotopic (exact) mass is 351 g/mol. The lowest BCUT2D eigenvalue weighted by Crippen LogP contribution is -2.32. The van der Waals surface area contributed by atoms with Crippen LogP contribution in [0.1, 0.15) is 41.7 Å². The molecule has 3 rings (SSSR count). The van der Waals surface area contributed by atoms with Gasteiger partial charge in [0.25, 0.3) is 0 Å². The number of anilines is 1. The van der Waals surface area contributed by atoms with Gasteiger partial charge in [-0.05, 0) is 24.4 Å². The topological polar surface area (TPSA) is 54.9 Å². The van der Waals surface area contributed by atoms with Crippen molar-refractivity contribution in [3.63, 3.8) is 0 Å². The summed E-state index contributed by atoms with van der Waals surface area (Å²) in [4.78, 5) is 20.5. The van der Waals surface area contributed by atoms with Gasteiger partial charge in [-0.3, -0.25) is 4.79 Å². The lowest BCUT2D eigenvalue weighted by molar-refractivity contribution is -0.0361. The maximum absolute atomic E-state index is 13.2. The minimum absolute atomic E-state index is 0.0552. The van der Waals surface area contributed by atoms with Gasteiger partial charge >= 0.3 is 0 Å². The van der Waals surface area contributed by atoms with Gasteiger partial charge in [0.2, 0.25) is 17.0 Å². The van der Waals surface area contributed by atoms with Crippen LogP contribution < -0.4 is 5.32 Å². The zero-order valence-corrected chi connectivity index (χ0v) is 13.6. The molecule has 0 saturated heterocycles. The Labute approximate surface area is 143 Å². The van der Waals surface area contributed by atoms with E-state index in [0.29, 0.717) is 24.2 Å². The molecule has 1 aliphatic carbocycles. The fourth-order valence-electron chi connectivity index (χ4n) is 2.74. The van der Waals surface area contributed by atoms with Crippen LogP contribution in [0.2, 0.25) is 5.28 Å². The highest BCUT2D eigenvalue weighted by atomic mass is 35.5. The number of benzene rings is 1. The number of hydrogen-bond acceptors (Lipinski definition) is 4. The third-order valence-electron chi connectivity index (χ3n) is 4.04. The molecule has 4 nitrogen and oxygen atoms in total. The molecule has 0 spiro atoms. The first-order valence-electron chi connectivity index (χ1n) is 7.72. The molecular formula is C17H16ClF2N3O. The highest BCUT2D eigenvalue weighted by Crippen LogP contribution is 2.34. The lowest BCUT2D eigenvalue weighted by atomic mass is 9.92. The van der Waals surface area contributed by atoms with E-state index in [1.54, 1.807) is 24.3 Å². The van der Waals surface area contributed by atoms with Gasteiger partial charge in [0, 0.05) is 30.5 Å². The molecule has 1 N–H and O–H groups in total. The minimum Gasteiger partial charge on any atom is -0.367 e. The molecule has 1 saturated carbocycles. The first-order valence-corrected chi connectivity index (χ1v) is 8.09. The molecule has 0 bridgehead atoms. The van der Waals surface area contributed by atoms with Crippen LogP contribution in [-0.2, 0) is 0 Å². The van der Waals surface area contributed by atoms with Crippen LogP contribution in [-0.4, -0.2) is 27.7 Å². The number of aromatic nitrogens is 2. The molecule has 1 aliphatic rings. The van der Waals surface area contributed by atoms with E-state index in [2.05, 4.69) is 15.3 Å². The molecule has 0 unspecified atom stereocenters. The molecule has 2 aromatic rings. The van der Waals surface area contributed by atoms with Crippen molar-refractivity contribution in [1.29, 1.82) is 0 Å². The van der Waals surface area contributed by atoms with Crippen molar-refractivity contribution in [1.82, 2.24) is 9.97 Å². The van der Waals surface area contributed by atoms with Crippen molar-refractivity contribution in [3.05, 3.63) is 52.9 Å². The maximum atomic E-state index is 13.2. The highest BCUT2D eigenvalue weighted by Gasteiger charge is 2.35. The predicted molar refractivity (Wildman–Crippen MR) is 87.7 cm³/mol. The summed E-state index contributed by atoms with van der Waals surface area (Å²) in [7, 11) is 0. The summed E-state index contributed by atoms with van der Waals surface area (Å²) < 4.78 is 26.4. The minimum atomic E-state index is -2.59. The smallest absolute Gasteiger partial charge is 0.248 e. The molecule has 1 aromatic heterocycles. The first kappa shape index (κ1) is 16.8. The SMILES string of the molecule is O=C(c1ccccc1)c1cc(NC2CCC(F)(F)CC2)nc(Cl)n1. The molecule has 0 aliphatic heterocycles. The van der Waals surface area contributed by atoms with Crippen LogP contribution in [0.4, 0.5) is 14.6 Å². The Morgan fingerprint density at radius 3 is 2.50 bits per heavy atom. The second-order valence-electron chi connectivity index (χ2n) is 5.88. The number of ketones is 1. The number of hydrogen-bond donors (Lipinski definition) is 1. The van der Waals surface area contributed by atoms with Gasteiger partial charge in [0.05, 0.1) is 0 Å². The van der Waals surface area contributed by atoms with Crippen molar-refractivity contribution >= 4 is 23.2 Å². The van der Waals surface area contributed by atoms with Crippen molar-refractivity contribution in [2.75, 3.05) is 5.32 Å². The second-order valence-corrected chi connectivity index (χ2v) is 6.22. The van der Waals surface area contributed by atoms with Crippen LogP contribution in [0.3, 0.4) is 0 Å². The Bertz CT molecular complexity index is 730. The van der Waals surface area contributed by atoms with Gasteiger partial charge in [0.1, 0.15) is 11.5 Å². The molecule has 1 heterocycles. The first-order chi connectivity index (χ1) is 11.4. The average molecular weight is 352 g/mol. The Hall–Kier alpha value is -2.08. The summed E-state index contributed by atoms with van der Waals surface area (Å²) in [5.74, 6) is -2.47. The number of rotatable bonds is 4. The molecule has 1 aromatic carbocycles. The number of carbonyl (C=O) groups is 1. The Morgan fingerprint density at radius 1 is 1.17 bits per heavy atom. The van der Waals surface area contributed by atoms with Gasteiger partial charge < -0.3 is 5.32 Å². The standard InChI is InChI=1S/C17H16ClF2N3O/c18-16-22-13(15(24)11-4-2-1-3-5-11)10-14(23-16)21-12-6-8-17(19,20)9-7-12/h1-5,10,12H,6-9H2,(H,21,22,23). The summed E-state index contributed by atoms with van der Waals surface area (Å²) in [6.45, 7) is 0. The van der Waals surface area contributed by atoms with E-state index in [-0.39, 0.29) is 35.6 Å². The third-order valence-corrected chi connectivity index (χ3v) is 4.21. The molecule has 24 heavy (non-hydrogen) atoms. The third kappa shape index (κ3) is 4.06. The zero-order valence-electron chi connectivity index (χ0n) is 12.8. The molecule has 0 amide bonds. The highest BCUT2D eigenvalue weighted by molar-refractivity contribution is 6.28. The summed E-state index contributed by atoms with van der Waals surface area (Å²) in [5, 5.41) is 3.03. The van der Waals surface area contributed by atoms with Crippen LogP contribution in [0.5, 0.6) is 0 Å². The van der Waals surface area contributed by atoms with Crippen molar-refractivity contribution in [2.24, 2.45) is 0 Å². The predicted octanol–water partition coefficient (Wildman–Crippen LogP) is 4.35. The number of nitrogens with zero attached hydrogens (tertiary/aromatic N) is 2. The van der Waals surface area contributed by atoms with E-state index in [4.69, 9.17) is 11.6 Å². The van der Waals surface area contributed by atoms with Crippen LogP contribution in [0, 0.1) is 0 Å². The Morgan fingerprint density at radius 2 is 1.83 bits per heavy atom. The van der Waals surface area contributed by atoms with E-state index in [9.17, 15) is 13.6 Å². The summed E-state index contributed by atoms with van der Waals surface area (Å²) >= 11 is 5.91. The second kappa shape index (κ2) is 6.81. The molecule has 126 valence electrons. The molecule has 1 fully saturated rings. The van der Waals surface area contributed by atoms with Crippen LogP contribution in [0.15, 0.2) is 36.4 Å². The van der Waals surface area contributed by atoms with E-state index in [0.717, 1.165) is 0 Å². The van der Waals surface area contributed by atoms with E-state index in [1.165, 1.54) is 6.07 Å². The van der Waals surface area contributed by atoms with Crippen LogP contribution >= 0.6 is 11.6 Å². The van der Waals surface area contributed by atoms with Gasteiger partial charge in [0.15, 0.2) is 0 Å². The van der Waals surface area contributed by atoms with Gasteiger partial charge in [-0.2, -0.15) is 0 Å². The van der Waals surface area contributed by atoms with Crippen molar-refractivity contribution < 1.29 is 13.6 Å². The van der Waals surface area contributed by atoms with Gasteiger partial charge in [-0.25, -0.2) is 18.7 Å². The molecule has 7 heteroatoms.